The number of halogens is 1. The van der Waals surface area contributed by atoms with Gasteiger partial charge in [0.1, 0.15) is 0 Å². The van der Waals surface area contributed by atoms with E-state index in [-0.39, 0.29) is 0 Å². The molecule has 1 fully saturated rings. The quantitative estimate of drug-likeness (QED) is 0.788. The van der Waals surface area contributed by atoms with Crippen molar-refractivity contribution < 1.29 is 0 Å². The van der Waals surface area contributed by atoms with Crippen LogP contribution in [-0.4, -0.2) is 11.0 Å². The monoisotopic (exact) mass is 252 g/mol. The number of rotatable bonds is 2. The third-order valence-electron chi connectivity index (χ3n) is 3.80. The molecule has 1 N–H and O–H groups in total. The lowest BCUT2D eigenvalue weighted by Gasteiger charge is -2.35. The molecule has 1 saturated carbocycles. The number of nitrogens with zero attached hydrogens (tertiary/aromatic N) is 1. The Labute approximate surface area is 109 Å². The Kier molecular flexibility index (Phi) is 3.62. The van der Waals surface area contributed by atoms with Crippen LogP contribution >= 0.6 is 11.6 Å². The first-order valence-corrected chi connectivity index (χ1v) is 6.73. The predicted molar refractivity (Wildman–Crippen MR) is 73.6 cm³/mol. The van der Waals surface area contributed by atoms with Crippen molar-refractivity contribution in [2.24, 2.45) is 5.41 Å². The Bertz CT molecular complexity index is 371. The van der Waals surface area contributed by atoms with Gasteiger partial charge in [-0.05, 0) is 49.7 Å². The van der Waals surface area contributed by atoms with E-state index in [0.717, 1.165) is 5.69 Å². The molecule has 1 aliphatic carbocycles. The molecule has 1 aromatic rings. The van der Waals surface area contributed by atoms with Gasteiger partial charge in [-0.3, -0.25) is 0 Å². The van der Waals surface area contributed by atoms with Gasteiger partial charge in [0.25, 0.3) is 0 Å². The van der Waals surface area contributed by atoms with Crippen LogP contribution in [0.2, 0.25) is 5.15 Å². The molecular formula is C14H21ClN2. The summed E-state index contributed by atoms with van der Waals surface area (Å²) >= 11 is 6.13. The van der Waals surface area contributed by atoms with Crippen LogP contribution < -0.4 is 5.32 Å². The van der Waals surface area contributed by atoms with Crippen LogP contribution in [0.15, 0.2) is 12.3 Å². The average molecular weight is 253 g/mol. The fraction of sp³-hybridized carbons (Fsp3) is 0.643. The molecule has 1 aliphatic rings. The highest BCUT2D eigenvalue weighted by Crippen LogP contribution is 2.37. The first-order valence-electron chi connectivity index (χ1n) is 6.36. The normalized spacial score (nSPS) is 20.2. The molecule has 0 aromatic carbocycles. The maximum atomic E-state index is 6.13. The Morgan fingerprint density at radius 2 is 2.00 bits per heavy atom. The number of hydrogen-bond acceptors (Lipinski definition) is 2. The Balaban J connectivity index is 2.03. The van der Waals surface area contributed by atoms with Gasteiger partial charge in [0, 0.05) is 12.2 Å². The molecular weight excluding hydrogens is 232 g/mol. The molecule has 0 radical (unpaired) electrons. The number of nitrogens with one attached hydrogen (secondary N) is 1. The van der Waals surface area contributed by atoms with Crippen LogP contribution in [0.25, 0.3) is 0 Å². The summed E-state index contributed by atoms with van der Waals surface area (Å²) in [6.45, 7) is 6.78. The lowest BCUT2D eigenvalue weighted by atomic mass is 9.75. The molecule has 0 aliphatic heterocycles. The minimum atomic E-state index is 0.506. The summed E-state index contributed by atoms with van der Waals surface area (Å²) in [5.74, 6) is 0. The summed E-state index contributed by atoms with van der Waals surface area (Å²) in [7, 11) is 0. The molecule has 0 bridgehead atoms. The van der Waals surface area contributed by atoms with E-state index >= 15 is 0 Å². The van der Waals surface area contributed by atoms with Crippen LogP contribution in [0.1, 0.15) is 45.1 Å². The Morgan fingerprint density at radius 1 is 1.35 bits per heavy atom. The van der Waals surface area contributed by atoms with Crippen molar-refractivity contribution in [3.8, 4) is 0 Å². The van der Waals surface area contributed by atoms with Crippen LogP contribution in [0.3, 0.4) is 0 Å². The number of pyridine rings is 1. The molecule has 1 aromatic heterocycles. The average Bonchev–Trinajstić information content (AvgIpc) is 2.26. The van der Waals surface area contributed by atoms with Gasteiger partial charge in [0.15, 0.2) is 5.15 Å². The van der Waals surface area contributed by atoms with Gasteiger partial charge >= 0.3 is 0 Å². The second-order valence-electron chi connectivity index (χ2n) is 5.88. The first kappa shape index (κ1) is 12.7. The van der Waals surface area contributed by atoms with Crippen molar-refractivity contribution in [2.45, 2.75) is 52.5 Å². The highest BCUT2D eigenvalue weighted by atomic mass is 35.5. The standard InChI is InChI=1S/C14H21ClN2/c1-10-6-9-16-13(15)12(10)17-11-4-7-14(2,3)8-5-11/h6,9,11,17H,4-5,7-8H2,1-3H3. The summed E-state index contributed by atoms with van der Waals surface area (Å²) < 4.78 is 0. The highest BCUT2D eigenvalue weighted by molar-refractivity contribution is 6.32. The van der Waals surface area contributed by atoms with Gasteiger partial charge in [-0.15, -0.1) is 0 Å². The fourth-order valence-corrected chi connectivity index (χ4v) is 2.71. The van der Waals surface area contributed by atoms with Gasteiger partial charge < -0.3 is 5.32 Å². The van der Waals surface area contributed by atoms with Crippen molar-refractivity contribution in [2.75, 3.05) is 5.32 Å². The van der Waals surface area contributed by atoms with E-state index in [9.17, 15) is 0 Å². The lowest BCUT2D eigenvalue weighted by Crippen LogP contribution is -2.30. The van der Waals surface area contributed by atoms with Gasteiger partial charge in [-0.2, -0.15) is 0 Å². The van der Waals surface area contributed by atoms with Gasteiger partial charge in [-0.25, -0.2) is 4.98 Å². The summed E-state index contributed by atoms with van der Waals surface area (Å²) in [4.78, 5) is 4.14. The topological polar surface area (TPSA) is 24.9 Å². The van der Waals surface area contributed by atoms with E-state index in [0.29, 0.717) is 16.6 Å². The van der Waals surface area contributed by atoms with Crippen molar-refractivity contribution in [3.63, 3.8) is 0 Å². The van der Waals surface area contributed by atoms with E-state index in [1.54, 1.807) is 6.20 Å². The molecule has 0 spiro atoms. The maximum absolute atomic E-state index is 6.13. The van der Waals surface area contributed by atoms with E-state index < -0.39 is 0 Å². The van der Waals surface area contributed by atoms with Gasteiger partial charge in [-0.1, -0.05) is 25.4 Å². The minimum Gasteiger partial charge on any atom is -0.380 e. The third kappa shape index (κ3) is 3.12. The number of aryl methyl sites for hydroxylation is 1. The zero-order valence-corrected chi connectivity index (χ0v) is 11.6. The molecule has 17 heavy (non-hydrogen) atoms. The van der Waals surface area contributed by atoms with Crippen molar-refractivity contribution in [3.05, 3.63) is 23.0 Å². The van der Waals surface area contributed by atoms with Crippen molar-refractivity contribution >= 4 is 17.3 Å². The van der Waals surface area contributed by atoms with E-state index in [1.807, 2.05) is 6.07 Å². The molecule has 0 unspecified atom stereocenters. The smallest absolute Gasteiger partial charge is 0.152 e. The molecule has 1 heterocycles. The lowest BCUT2D eigenvalue weighted by molar-refractivity contribution is 0.232. The van der Waals surface area contributed by atoms with Crippen LogP contribution in [0.4, 0.5) is 5.69 Å². The minimum absolute atomic E-state index is 0.506. The van der Waals surface area contributed by atoms with Gasteiger partial charge in [0.2, 0.25) is 0 Å². The van der Waals surface area contributed by atoms with Crippen LogP contribution in [0.5, 0.6) is 0 Å². The molecule has 0 saturated heterocycles. The first-order chi connectivity index (χ1) is 7.98. The molecule has 2 rings (SSSR count). The molecule has 0 atom stereocenters. The molecule has 94 valence electrons. The molecule has 0 amide bonds. The summed E-state index contributed by atoms with van der Waals surface area (Å²) in [6.07, 6.45) is 6.76. The van der Waals surface area contributed by atoms with Gasteiger partial charge in [0.05, 0.1) is 5.69 Å². The number of hydrogen-bond donors (Lipinski definition) is 1. The molecule has 3 heteroatoms. The van der Waals surface area contributed by atoms with E-state index in [1.165, 1.54) is 31.2 Å². The number of aromatic nitrogens is 1. The fourth-order valence-electron chi connectivity index (χ4n) is 2.45. The third-order valence-corrected chi connectivity index (χ3v) is 4.09. The summed E-state index contributed by atoms with van der Waals surface area (Å²) in [6, 6.07) is 2.55. The van der Waals surface area contributed by atoms with Crippen LogP contribution in [-0.2, 0) is 0 Å². The summed E-state index contributed by atoms with van der Waals surface area (Å²) in [5, 5.41) is 4.15. The Hall–Kier alpha value is -0.760. The Morgan fingerprint density at radius 3 is 2.59 bits per heavy atom. The van der Waals surface area contributed by atoms with Crippen molar-refractivity contribution in [1.82, 2.24) is 4.98 Å². The maximum Gasteiger partial charge on any atom is 0.152 e. The molecule has 2 nitrogen and oxygen atoms in total. The van der Waals surface area contributed by atoms with Crippen LogP contribution in [0, 0.1) is 12.3 Å². The zero-order valence-electron chi connectivity index (χ0n) is 10.9. The van der Waals surface area contributed by atoms with Crippen molar-refractivity contribution in [1.29, 1.82) is 0 Å². The highest BCUT2D eigenvalue weighted by Gasteiger charge is 2.27. The van der Waals surface area contributed by atoms with E-state index in [2.05, 4.69) is 31.1 Å². The van der Waals surface area contributed by atoms with E-state index in [4.69, 9.17) is 11.6 Å². The predicted octanol–water partition coefficient (Wildman–Crippen LogP) is 4.42. The SMILES string of the molecule is Cc1ccnc(Cl)c1NC1CCC(C)(C)CC1. The second-order valence-corrected chi connectivity index (χ2v) is 6.23. The number of anilines is 1. The summed E-state index contributed by atoms with van der Waals surface area (Å²) in [5.41, 5.74) is 2.69. The largest absolute Gasteiger partial charge is 0.380 e. The zero-order chi connectivity index (χ0) is 12.5. The second kappa shape index (κ2) is 4.85.